The van der Waals surface area contributed by atoms with E-state index in [-0.39, 0.29) is 11.2 Å². The number of carbonyl (C=O) groups is 1. The summed E-state index contributed by atoms with van der Waals surface area (Å²) >= 11 is 0. The zero-order valence-electron chi connectivity index (χ0n) is 7.72. The average molecular weight is 166 g/mol. The summed E-state index contributed by atoms with van der Waals surface area (Å²) in [6.45, 7) is 5.87. The third-order valence-electron chi connectivity index (χ3n) is 3.46. The first kappa shape index (κ1) is 7.84. The number of rotatable bonds is 1. The third-order valence-corrected chi connectivity index (χ3v) is 3.46. The molecular weight excluding hydrogens is 152 g/mol. The van der Waals surface area contributed by atoms with E-state index in [0.717, 1.165) is 0 Å². The van der Waals surface area contributed by atoms with Crippen molar-refractivity contribution < 1.29 is 9.90 Å². The highest BCUT2D eigenvalue weighted by atomic mass is 16.3. The van der Waals surface area contributed by atoms with Crippen molar-refractivity contribution in [3.63, 3.8) is 0 Å². The van der Waals surface area contributed by atoms with E-state index in [1.54, 1.807) is 6.92 Å². The van der Waals surface area contributed by atoms with Crippen molar-refractivity contribution in [1.82, 2.24) is 0 Å². The summed E-state index contributed by atoms with van der Waals surface area (Å²) in [5.74, 6) is 1.26. The van der Waals surface area contributed by atoms with Gasteiger partial charge in [0.1, 0.15) is 0 Å². The number of carbonyl (C=O) groups excluding carboxylic acids is 1. The Hall–Kier alpha value is -0.790. The molecule has 1 fully saturated rings. The molecule has 0 amide bonds. The van der Waals surface area contributed by atoms with E-state index in [1.807, 2.05) is 0 Å². The highest BCUT2D eigenvalue weighted by Crippen LogP contribution is 2.68. The number of fused-ring (bicyclic) bond motifs is 1. The third kappa shape index (κ3) is 0.728. The van der Waals surface area contributed by atoms with Gasteiger partial charge in [-0.25, -0.2) is 0 Å². The molecule has 2 nitrogen and oxygen atoms in total. The number of Topliss-reactive ketones (excluding diaryl/α,β-unsaturated/α-hetero) is 1. The molecule has 66 valence electrons. The SMILES string of the molecule is CC(=O)C1=C(O)C[C@@H]2[C@@H]1C2(C)C. The van der Waals surface area contributed by atoms with E-state index in [0.29, 0.717) is 29.6 Å². The average Bonchev–Trinajstić information content (AvgIpc) is 2.40. The van der Waals surface area contributed by atoms with Crippen LogP contribution in [0.5, 0.6) is 0 Å². The van der Waals surface area contributed by atoms with Crippen molar-refractivity contribution in [2.24, 2.45) is 17.3 Å². The van der Waals surface area contributed by atoms with Crippen LogP contribution < -0.4 is 0 Å². The largest absolute Gasteiger partial charge is 0.512 e. The van der Waals surface area contributed by atoms with Gasteiger partial charge in [0.2, 0.25) is 0 Å². The number of aliphatic hydroxyl groups is 1. The first-order valence-corrected chi connectivity index (χ1v) is 4.39. The molecule has 0 aliphatic heterocycles. The van der Waals surface area contributed by atoms with E-state index in [4.69, 9.17) is 0 Å². The maximum absolute atomic E-state index is 11.2. The molecule has 0 aromatic carbocycles. The van der Waals surface area contributed by atoms with Crippen LogP contribution >= 0.6 is 0 Å². The number of ketones is 1. The predicted molar refractivity (Wildman–Crippen MR) is 45.7 cm³/mol. The van der Waals surface area contributed by atoms with Gasteiger partial charge < -0.3 is 5.11 Å². The van der Waals surface area contributed by atoms with Gasteiger partial charge in [0.05, 0.1) is 5.76 Å². The molecule has 0 saturated heterocycles. The molecule has 0 bridgehead atoms. The van der Waals surface area contributed by atoms with Gasteiger partial charge in [-0.1, -0.05) is 13.8 Å². The van der Waals surface area contributed by atoms with Crippen molar-refractivity contribution >= 4 is 5.78 Å². The summed E-state index contributed by atoms with van der Waals surface area (Å²) in [5.41, 5.74) is 0.956. The van der Waals surface area contributed by atoms with Gasteiger partial charge in [-0.2, -0.15) is 0 Å². The Morgan fingerprint density at radius 2 is 2.17 bits per heavy atom. The monoisotopic (exact) mass is 166 g/mol. The smallest absolute Gasteiger partial charge is 0.159 e. The molecule has 2 heteroatoms. The molecule has 0 radical (unpaired) electrons. The molecule has 0 aromatic rings. The second-order valence-corrected chi connectivity index (χ2v) is 4.53. The first-order chi connectivity index (χ1) is 5.46. The molecule has 2 aliphatic carbocycles. The fraction of sp³-hybridized carbons (Fsp3) is 0.700. The fourth-order valence-electron chi connectivity index (χ4n) is 2.62. The first-order valence-electron chi connectivity index (χ1n) is 4.39. The Balaban J connectivity index is 2.33. The van der Waals surface area contributed by atoms with Gasteiger partial charge in [-0.05, 0) is 24.2 Å². The van der Waals surface area contributed by atoms with Crippen LogP contribution in [0.25, 0.3) is 0 Å². The lowest BCUT2D eigenvalue weighted by molar-refractivity contribution is -0.114. The summed E-state index contributed by atoms with van der Waals surface area (Å²) in [5, 5.41) is 9.45. The van der Waals surface area contributed by atoms with E-state index in [1.165, 1.54) is 0 Å². The van der Waals surface area contributed by atoms with Crippen LogP contribution in [0.1, 0.15) is 27.2 Å². The minimum absolute atomic E-state index is 0.0468. The number of aliphatic hydroxyl groups excluding tert-OH is 1. The lowest BCUT2D eigenvalue weighted by Gasteiger charge is -2.09. The van der Waals surface area contributed by atoms with E-state index >= 15 is 0 Å². The van der Waals surface area contributed by atoms with Gasteiger partial charge >= 0.3 is 0 Å². The quantitative estimate of drug-likeness (QED) is 0.647. The van der Waals surface area contributed by atoms with Crippen LogP contribution in [0.4, 0.5) is 0 Å². The minimum Gasteiger partial charge on any atom is -0.512 e. The molecular formula is C10H14O2. The second-order valence-electron chi connectivity index (χ2n) is 4.53. The Kier molecular flexibility index (Phi) is 1.26. The molecule has 1 N–H and O–H groups in total. The number of hydrogen-bond acceptors (Lipinski definition) is 2. The molecule has 0 unspecified atom stereocenters. The Labute approximate surface area is 72.3 Å². The maximum atomic E-state index is 11.2. The van der Waals surface area contributed by atoms with Crippen LogP contribution in [0.3, 0.4) is 0 Å². The molecule has 2 rings (SSSR count). The predicted octanol–water partition coefficient (Wildman–Crippen LogP) is 2.06. The molecule has 0 heterocycles. The topological polar surface area (TPSA) is 37.3 Å². The fourth-order valence-corrected chi connectivity index (χ4v) is 2.62. The Morgan fingerprint density at radius 3 is 2.50 bits per heavy atom. The zero-order valence-corrected chi connectivity index (χ0v) is 7.72. The molecule has 12 heavy (non-hydrogen) atoms. The van der Waals surface area contributed by atoms with Crippen LogP contribution in [0.2, 0.25) is 0 Å². The van der Waals surface area contributed by atoms with Crippen LogP contribution in [0.15, 0.2) is 11.3 Å². The lowest BCUT2D eigenvalue weighted by Crippen LogP contribution is -2.06. The highest BCUT2D eigenvalue weighted by Gasteiger charge is 2.64. The summed E-state index contributed by atoms with van der Waals surface area (Å²) in [7, 11) is 0. The van der Waals surface area contributed by atoms with Crippen LogP contribution in [0, 0.1) is 17.3 Å². The number of allylic oxidation sites excluding steroid dienone is 2. The van der Waals surface area contributed by atoms with Gasteiger partial charge in [-0.15, -0.1) is 0 Å². The van der Waals surface area contributed by atoms with Crippen molar-refractivity contribution in [2.45, 2.75) is 27.2 Å². The van der Waals surface area contributed by atoms with Crippen molar-refractivity contribution in [1.29, 1.82) is 0 Å². The standard InChI is InChI=1S/C10H14O2/c1-5(11)8-7(12)4-6-9(8)10(6,2)3/h6,9,12H,4H2,1-3H3/t6-,9+/m1/s1. The Bertz CT molecular complexity index is 286. The summed E-state index contributed by atoms with van der Waals surface area (Å²) in [4.78, 5) is 11.2. The normalized spacial score (nSPS) is 36.6. The zero-order chi connectivity index (χ0) is 9.09. The highest BCUT2D eigenvalue weighted by molar-refractivity contribution is 5.96. The molecule has 2 aliphatic rings. The van der Waals surface area contributed by atoms with Crippen LogP contribution in [-0.2, 0) is 4.79 Å². The molecule has 1 saturated carbocycles. The van der Waals surface area contributed by atoms with Crippen molar-refractivity contribution in [2.75, 3.05) is 0 Å². The molecule has 0 spiro atoms. The number of hydrogen-bond donors (Lipinski definition) is 1. The molecule has 0 aromatic heterocycles. The van der Waals surface area contributed by atoms with E-state index < -0.39 is 0 Å². The second kappa shape index (κ2) is 1.93. The van der Waals surface area contributed by atoms with Gasteiger partial charge in [-0.3, -0.25) is 4.79 Å². The molecule has 2 atom stereocenters. The van der Waals surface area contributed by atoms with Crippen molar-refractivity contribution in [3.8, 4) is 0 Å². The van der Waals surface area contributed by atoms with E-state index in [2.05, 4.69) is 13.8 Å². The lowest BCUT2D eigenvalue weighted by atomic mass is 9.97. The van der Waals surface area contributed by atoms with Gasteiger partial charge in [0.25, 0.3) is 0 Å². The minimum atomic E-state index is 0.0468. The van der Waals surface area contributed by atoms with Crippen molar-refractivity contribution in [3.05, 3.63) is 11.3 Å². The van der Waals surface area contributed by atoms with Crippen LogP contribution in [-0.4, -0.2) is 10.9 Å². The van der Waals surface area contributed by atoms with Gasteiger partial charge in [0.15, 0.2) is 5.78 Å². The van der Waals surface area contributed by atoms with Gasteiger partial charge in [0, 0.05) is 12.0 Å². The maximum Gasteiger partial charge on any atom is 0.159 e. The summed E-state index contributed by atoms with van der Waals surface area (Å²) < 4.78 is 0. The van der Waals surface area contributed by atoms with E-state index in [9.17, 15) is 9.90 Å². The Morgan fingerprint density at radius 1 is 1.58 bits per heavy atom. The summed E-state index contributed by atoms with van der Waals surface area (Å²) in [6.07, 6.45) is 0.715. The summed E-state index contributed by atoms with van der Waals surface area (Å²) in [6, 6.07) is 0.